The number of thioether (sulfide) groups is 1. The number of amides is 1. The van der Waals surface area contributed by atoms with E-state index in [0.717, 1.165) is 17.3 Å². The maximum atomic E-state index is 12.5. The summed E-state index contributed by atoms with van der Waals surface area (Å²) in [6, 6.07) is 15.0. The van der Waals surface area contributed by atoms with Gasteiger partial charge in [-0.05, 0) is 18.1 Å². The maximum Gasteiger partial charge on any atom is 0.328 e. The van der Waals surface area contributed by atoms with E-state index in [1.54, 1.807) is 24.3 Å². The first-order valence-electron chi connectivity index (χ1n) is 9.81. The first-order chi connectivity index (χ1) is 14.9. The van der Waals surface area contributed by atoms with Crippen molar-refractivity contribution in [1.82, 2.24) is 5.32 Å². The lowest BCUT2D eigenvalue weighted by molar-refractivity contribution is -0.143. The first-order valence-corrected chi connectivity index (χ1v) is 10.6. The minimum Gasteiger partial charge on any atom is -0.480 e. The fourth-order valence-corrected chi connectivity index (χ4v) is 3.54. The molecule has 0 heterocycles. The normalized spacial score (nSPS) is 11.5. The van der Waals surface area contributed by atoms with E-state index in [9.17, 15) is 24.3 Å². The third-order valence-corrected chi connectivity index (χ3v) is 5.14. The number of carboxylic acids is 1. The average Bonchev–Trinajstić information content (AvgIpc) is 2.73. The van der Waals surface area contributed by atoms with E-state index in [1.165, 1.54) is 6.92 Å². The molecule has 0 radical (unpaired) electrons. The molecule has 8 heteroatoms. The number of carbonyl (C=O) groups is 4. The topological polar surface area (TPSA) is 110 Å². The van der Waals surface area contributed by atoms with Crippen molar-refractivity contribution in [2.24, 2.45) is 0 Å². The van der Waals surface area contributed by atoms with Crippen LogP contribution in [-0.2, 0) is 25.7 Å². The van der Waals surface area contributed by atoms with Crippen molar-refractivity contribution < 1.29 is 29.0 Å². The molecule has 31 heavy (non-hydrogen) atoms. The third-order valence-electron chi connectivity index (χ3n) is 4.28. The fraction of sp³-hybridized carbons (Fsp3) is 0.304. The number of benzene rings is 2. The van der Waals surface area contributed by atoms with Gasteiger partial charge >= 0.3 is 5.97 Å². The van der Waals surface area contributed by atoms with Gasteiger partial charge in [-0.3, -0.25) is 14.4 Å². The van der Waals surface area contributed by atoms with Crippen molar-refractivity contribution >= 4 is 34.5 Å². The van der Waals surface area contributed by atoms with E-state index in [-0.39, 0.29) is 43.4 Å². The number of hydrogen-bond acceptors (Lipinski definition) is 6. The van der Waals surface area contributed by atoms with Crippen LogP contribution in [0.2, 0.25) is 0 Å². The Bertz CT molecular complexity index is 915. The molecule has 2 aromatic carbocycles. The highest BCUT2D eigenvalue weighted by molar-refractivity contribution is 8.13. The molecule has 164 valence electrons. The van der Waals surface area contributed by atoms with Crippen LogP contribution in [-0.4, -0.2) is 40.5 Å². The van der Waals surface area contributed by atoms with E-state index in [1.807, 2.05) is 30.3 Å². The molecule has 2 N–H and O–H groups in total. The van der Waals surface area contributed by atoms with Gasteiger partial charge in [-0.25, -0.2) is 4.79 Å². The van der Waals surface area contributed by atoms with Gasteiger partial charge in [0.05, 0.1) is 13.2 Å². The highest BCUT2D eigenvalue weighted by Gasteiger charge is 2.20. The number of carbonyl (C=O) groups excluding carboxylic acids is 3. The molecule has 7 nitrogen and oxygen atoms in total. The Morgan fingerprint density at radius 1 is 1.00 bits per heavy atom. The van der Waals surface area contributed by atoms with Gasteiger partial charge in [0.15, 0.2) is 16.9 Å². The summed E-state index contributed by atoms with van der Waals surface area (Å²) in [5.74, 6) is -1.82. The fourth-order valence-electron chi connectivity index (χ4n) is 2.80. The minimum absolute atomic E-state index is 0.0101. The van der Waals surface area contributed by atoms with Crippen LogP contribution in [0, 0.1) is 0 Å². The Balaban J connectivity index is 1.78. The molecule has 0 saturated carbocycles. The Labute approximate surface area is 185 Å². The van der Waals surface area contributed by atoms with Gasteiger partial charge in [0.2, 0.25) is 5.91 Å². The van der Waals surface area contributed by atoms with E-state index in [0.29, 0.717) is 10.5 Å². The van der Waals surface area contributed by atoms with Gasteiger partial charge in [-0.15, -0.1) is 0 Å². The lowest BCUT2D eigenvalue weighted by Crippen LogP contribution is -2.43. The monoisotopic (exact) mass is 443 g/mol. The van der Waals surface area contributed by atoms with Crippen LogP contribution in [0.5, 0.6) is 0 Å². The summed E-state index contributed by atoms with van der Waals surface area (Å²) in [6.45, 7) is 1.51. The zero-order valence-electron chi connectivity index (χ0n) is 17.2. The van der Waals surface area contributed by atoms with Crippen LogP contribution in [0.1, 0.15) is 42.1 Å². The highest BCUT2D eigenvalue weighted by atomic mass is 32.2. The Morgan fingerprint density at radius 3 is 2.35 bits per heavy atom. The molecule has 0 bridgehead atoms. The van der Waals surface area contributed by atoms with Gasteiger partial charge in [0.1, 0.15) is 0 Å². The quantitative estimate of drug-likeness (QED) is 0.382. The average molecular weight is 444 g/mol. The second kappa shape index (κ2) is 12.7. The third kappa shape index (κ3) is 8.74. The summed E-state index contributed by atoms with van der Waals surface area (Å²) >= 11 is 0.993. The molecule has 0 fully saturated rings. The van der Waals surface area contributed by atoms with Gasteiger partial charge < -0.3 is 15.2 Å². The van der Waals surface area contributed by atoms with Crippen molar-refractivity contribution in [1.29, 1.82) is 0 Å². The molecule has 0 aliphatic heterocycles. The van der Waals surface area contributed by atoms with Crippen LogP contribution in [0.15, 0.2) is 59.5 Å². The number of carboxylic acid groups (broad SMARTS) is 1. The summed E-state index contributed by atoms with van der Waals surface area (Å²) in [5.41, 5.74) is 1.35. The van der Waals surface area contributed by atoms with E-state index >= 15 is 0 Å². The number of ketones is 1. The smallest absolute Gasteiger partial charge is 0.328 e. The maximum absolute atomic E-state index is 12.5. The van der Waals surface area contributed by atoms with Crippen molar-refractivity contribution in [3.63, 3.8) is 0 Å². The number of rotatable bonds is 12. The predicted molar refractivity (Wildman–Crippen MR) is 117 cm³/mol. The molecule has 0 aliphatic rings. The highest BCUT2D eigenvalue weighted by Crippen LogP contribution is 2.24. The summed E-state index contributed by atoms with van der Waals surface area (Å²) in [5, 5.41) is 11.6. The van der Waals surface area contributed by atoms with Gasteiger partial charge in [-0.2, -0.15) is 0 Å². The molecule has 1 atom stereocenters. The Morgan fingerprint density at radius 2 is 1.68 bits per heavy atom. The first kappa shape index (κ1) is 24.3. The van der Waals surface area contributed by atoms with Crippen molar-refractivity contribution in [2.75, 3.05) is 6.61 Å². The lowest BCUT2D eigenvalue weighted by Gasteiger charge is -2.15. The largest absolute Gasteiger partial charge is 0.480 e. The van der Waals surface area contributed by atoms with Crippen molar-refractivity contribution in [3.05, 3.63) is 65.7 Å². The summed E-state index contributed by atoms with van der Waals surface area (Å²) in [6.07, 6.45) is 0.391. The number of nitrogens with one attached hydrogen (secondary N) is 1. The summed E-state index contributed by atoms with van der Waals surface area (Å²) in [7, 11) is 0. The lowest BCUT2D eigenvalue weighted by atomic mass is 10.1. The molecule has 1 amide bonds. The number of aliphatic carboxylic acids is 1. The van der Waals surface area contributed by atoms with Crippen LogP contribution >= 0.6 is 11.8 Å². The van der Waals surface area contributed by atoms with Crippen LogP contribution < -0.4 is 5.32 Å². The summed E-state index contributed by atoms with van der Waals surface area (Å²) in [4.78, 5) is 47.9. The van der Waals surface area contributed by atoms with Crippen LogP contribution in [0.3, 0.4) is 0 Å². The van der Waals surface area contributed by atoms with Gasteiger partial charge in [-0.1, -0.05) is 60.3 Å². The predicted octanol–water partition coefficient (Wildman–Crippen LogP) is 3.46. The summed E-state index contributed by atoms with van der Waals surface area (Å²) < 4.78 is 5.41. The Kier molecular flexibility index (Phi) is 9.93. The second-order valence-corrected chi connectivity index (χ2v) is 8.04. The standard InChI is InChI=1S/C23H25NO6S/c1-16(25)31-21-12-6-5-10-18(21)20(26)11-7-13-22(27)24-19(23(28)29)15-30-14-17-8-3-2-4-9-17/h2-6,8-10,12,19H,7,11,13-15H2,1H3,(H,24,27)(H,28,29)/t19-/m0/s1. The van der Waals surface area contributed by atoms with Crippen molar-refractivity contribution in [3.8, 4) is 0 Å². The van der Waals surface area contributed by atoms with Gasteiger partial charge in [0, 0.05) is 30.2 Å². The molecule has 2 rings (SSSR count). The molecular formula is C23H25NO6S. The Hall–Kier alpha value is -2.97. The second-order valence-electron chi connectivity index (χ2n) is 6.83. The van der Waals surface area contributed by atoms with Crippen LogP contribution in [0.4, 0.5) is 0 Å². The molecule has 2 aromatic rings. The molecule has 0 unspecified atom stereocenters. The van der Waals surface area contributed by atoms with E-state index in [4.69, 9.17) is 4.74 Å². The van der Waals surface area contributed by atoms with Gasteiger partial charge in [0.25, 0.3) is 0 Å². The molecule has 0 aliphatic carbocycles. The van der Waals surface area contributed by atoms with Crippen LogP contribution in [0.25, 0.3) is 0 Å². The molecular weight excluding hydrogens is 418 g/mol. The minimum atomic E-state index is -1.19. The molecule has 0 aromatic heterocycles. The number of ether oxygens (including phenoxy) is 1. The van der Waals surface area contributed by atoms with E-state index < -0.39 is 17.9 Å². The molecule has 0 spiro atoms. The number of Topliss-reactive ketones (excluding diaryl/α,β-unsaturated/α-hetero) is 1. The van der Waals surface area contributed by atoms with Crippen molar-refractivity contribution in [2.45, 2.75) is 43.7 Å². The zero-order chi connectivity index (χ0) is 22.6. The zero-order valence-corrected chi connectivity index (χ0v) is 18.0. The molecule has 0 saturated heterocycles. The van der Waals surface area contributed by atoms with E-state index in [2.05, 4.69) is 5.32 Å². The number of hydrogen-bond donors (Lipinski definition) is 2. The SMILES string of the molecule is CC(=O)Sc1ccccc1C(=O)CCCC(=O)N[C@@H](COCc1ccccc1)C(=O)O.